The first-order valence-corrected chi connectivity index (χ1v) is 8.69. The Morgan fingerprint density at radius 3 is 2.57 bits per heavy atom. The van der Waals surface area contributed by atoms with Crippen molar-refractivity contribution < 1.29 is 13.7 Å². The van der Waals surface area contributed by atoms with Crippen LogP contribution in [0.4, 0.5) is 0 Å². The van der Waals surface area contributed by atoms with E-state index in [-0.39, 0.29) is 11.7 Å². The van der Waals surface area contributed by atoms with E-state index in [0.717, 1.165) is 16.7 Å². The average molecular weight is 331 g/mol. The summed E-state index contributed by atoms with van der Waals surface area (Å²) in [5, 5.41) is 2.83. The molecular formula is C18H21NO3S. The van der Waals surface area contributed by atoms with Crippen LogP contribution in [0.15, 0.2) is 53.4 Å². The van der Waals surface area contributed by atoms with Crippen LogP contribution in [0.2, 0.25) is 0 Å². The summed E-state index contributed by atoms with van der Waals surface area (Å²) >= 11 is 0. The number of methoxy groups -OCH3 is 1. The summed E-state index contributed by atoms with van der Waals surface area (Å²) in [6.45, 7) is 2.85. The van der Waals surface area contributed by atoms with Gasteiger partial charge in [-0.1, -0.05) is 36.4 Å². The molecule has 2 aromatic carbocycles. The Morgan fingerprint density at radius 1 is 1.13 bits per heavy atom. The number of aryl methyl sites for hydroxylation is 1. The summed E-state index contributed by atoms with van der Waals surface area (Å²) < 4.78 is 17.4. The van der Waals surface area contributed by atoms with Gasteiger partial charge in [-0.25, -0.2) is 0 Å². The summed E-state index contributed by atoms with van der Waals surface area (Å²) in [7, 11) is 0.312. The highest BCUT2D eigenvalue weighted by molar-refractivity contribution is 7.85. The second kappa shape index (κ2) is 8.60. The molecule has 5 heteroatoms. The number of amides is 1. The lowest BCUT2D eigenvalue weighted by molar-refractivity contribution is -0.118. The lowest BCUT2D eigenvalue weighted by atomic mass is 10.1. The van der Waals surface area contributed by atoms with E-state index < -0.39 is 10.8 Å². The van der Waals surface area contributed by atoms with Crippen LogP contribution in [0.1, 0.15) is 16.7 Å². The molecule has 1 unspecified atom stereocenters. The van der Waals surface area contributed by atoms with Gasteiger partial charge in [-0.15, -0.1) is 0 Å². The Balaban J connectivity index is 1.92. The van der Waals surface area contributed by atoms with Crippen molar-refractivity contribution in [2.45, 2.75) is 25.0 Å². The van der Waals surface area contributed by atoms with Gasteiger partial charge in [0.05, 0.1) is 17.4 Å². The minimum Gasteiger partial charge on any atom is -0.380 e. The van der Waals surface area contributed by atoms with Crippen molar-refractivity contribution in [2.75, 3.05) is 12.9 Å². The van der Waals surface area contributed by atoms with Crippen molar-refractivity contribution in [3.05, 3.63) is 65.2 Å². The molecule has 0 heterocycles. The van der Waals surface area contributed by atoms with E-state index in [1.54, 1.807) is 13.2 Å². The number of rotatable bonds is 7. The van der Waals surface area contributed by atoms with Crippen LogP contribution >= 0.6 is 0 Å². The van der Waals surface area contributed by atoms with Gasteiger partial charge in [-0.05, 0) is 35.7 Å². The van der Waals surface area contributed by atoms with E-state index in [1.807, 2.05) is 49.4 Å². The number of carbonyl (C=O) groups excluding carboxylic acids is 1. The minimum atomic E-state index is -1.33. The molecule has 1 amide bonds. The molecule has 1 N–H and O–H groups in total. The van der Waals surface area contributed by atoms with Crippen molar-refractivity contribution in [3.63, 3.8) is 0 Å². The third-order valence-corrected chi connectivity index (χ3v) is 4.71. The summed E-state index contributed by atoms with van der Waals surface area (Å²) in [4.78, 5) is 12.7. The molecule has 23 heavy (non-hydrogen) atoms. The van der Waals surface area contributed by atoms with Crippen LogP contribution in [0.25, 0.3) is 0 Å². The molecule has 0 saturated heterocycles. The molecule has 0 saturated carbocycles. The SMILES string of the molecule is COCc1ccccc1CNC(=O)CS(=O)c1cccc(C)c1. The monoisotopic (exact) mass is 331 g/mol. The maximum atomic E-state index is 12.2. The van der Waals surface area contributed by atoms with Crippen LogP contribution in [-0.4, -0.2) is 23.0 Å². The molecule has 0 aliphatic heterocycles. The standard InChI is InChI=1S/C18H21NO3S/c1-14-6-5-9-17(10-14)23(21)13-18(20)19-11-15-7-3-4-8-16(15)12-22-2/h3-10H,11-13H2,1-2H3,(H,19,20). The van der Waals surface area contributed by atoms with Gasteiger partial charge in [0.25, 0.3) is 0 Å². The Bertz CT molecular complexity index is 700. The lowest BCUT2D eigenvalue weighted by Crippen LogP contribution is -2.28. The highest BCUT2D eigenvalue weighted by Crippen LogP contribution is 2.11. The van der Waals surface area contributed by atoms with Gasteiger partial charge in [-0.3, -0.25) is 9.00 Å². The van der Waals surface area contributed by atoms with Crippen LogP contribution in [-0.2, 0) is 33.5 Å². The number of hydrogen-bond acceptors (Lipinski definition) is 3. The molecule has 122 valence electrons. The predicted octanol–water partition coefficient (Wildman–Crippen LogP) is 2.57. The Labute approximate surface area is 139 Å². The zero-order valence-electron chi connectivity index (χ0n) is 13.4. The quantitative estimate of drug-likeness (QED) is 0.848. The molecular weight excluding hydrogens is 310 g/mol. The van der Waals surface area contributed by atoms with E-state index >= 15 is 0 Å². The maximum Gasteiger partial charge on any atom is 0.233 e. The minimum absolute atomic E-state index is 0.0318. The van der Waals surface area contributed by atoms with Gasteiger partial charge < -0.3 is 10.1 Å². The van der Waals surface area contributed by atoms with Crippen molar-refractivity contribution in [2.24, 2.45) is 0 Å². The highest BCUT2D eigenvalue weighted by Gasteiger charge is 2.11. The summed E-state index contributed by atoms with van der Waals surface area (Å²) in [6.07, 6.45) is 0. The molecule has 0 aromatic heterocycles. The van der Waals surface area contributed by atoms with E-state index in [4.69, 9.17) is 4.74 Å². The topological polar surface area (TPSA) is 55.4 Å². The van der Waals surface area contributed by atoms with Crippen LogP contribution in [0.3, 0.4) is 0 Å². The number of ether oxygens (including phenoxy) is 1. The molecule has 0 radical (unpaired) electrons. The zero-order valence-corrected chi connectivity index (χ0v) is 14.2. The molecule has 0 aliphatic carbocycles. The van der Waals surface area contributed by atoms with Crippen molar-refractivity contribution in [1.82, 2.24) is 5.32 Å². The molecule has 0 aliphatic rings. The van der Waals surface area contributed by atoms with Crippen molar-refractivity contribution in [3.8, 4) is 0 Å². The van der Waals surface area contributed by atoms with Gasteiger partial charge in [0.15, 0.2) is 0 Å². The first-order chi connectivity index (χ1) is 11.1. The molecule has 0 bridgehead atoms. The van der Waals surface area contributed by atoms with E-state index in [9.17, 15) is 9.00 Å². The largest absolute Gasteiger partial charge is 0.380 e. The normalized spacial score (nSPS) is 11.9. The molecule has 1 atom stereocenters. The van der Waals surface area contributed by atoms with Gasteiger partial charge in [0.2, 0.25) is 5.91 Å². The number of benzene rings is 2. The number of nitrogens with one attached hydrogen (secondary N) is 1. The highest BCUT2D eigenvalue weighted by atomic mass is 32.2. The second-order valence-corrected chi connectivity index (χ2v) is 6.74. The van der Waals surface area contributed by atoms with Gasteiger partial charge >= 0.3 is 0 Å². The Hall–Kier alpha value is -1.98. The van der Waals surface area contributed by atoms with E-state index in [1.165, 1.54) is 0 Å². The van der Waals surface area contributed by atoms with Crippen LogP contribution in [0, 0.1) is 6.92 Å². The van der Waals surface area contributed by atoms with E-state index in [0.29, 0.717) is 18.0 Å². The summed E-state index contributed by atoms with van der Waals surface area (Å²) in [5.41, 5.74) is 3.07. The first kappa shape index (κ1) is 17.4. The molecule has 0 spiro atoms. The van der Waals surface area contributed by atoms with E-state index in [2.05, 4.69) is 5.32 Å². The lowest BCUT2D eigenvalue weighted by Gasteiger charge is -2.10. The first-order valence-electron chi connectivity index (χ1n) is 7.37. The molecule has 2 aromatic rings. The number of carbonyl (C=O) groups is 1. The third kappa shape index (κ3) is 5.30. The molecule has 0 fully saturated rings. The zero-order chi connectivity index (χ0) is 16.7. The maximum absolute atomic E-state index is 12.2. The van der Waals surface area contributed by atoms with Gasteiger partial charge in [0, 0.05) is 18.6 Å². The average Bonchev–Trinajstić information content (AvgIpc) is 2.54. The van der Waals surface area contributed by atoms with Gasteiger partial charge in [-0.2, -0.15) is 0 Å². The third-order valence-electron chi connectivity index (χ3n) is 3.41. The Morgan fingerprint density at radius 2 is 1.87 bits per heavy atom. The Kier molecular flexibility index (Phi) is 6.50. The van der Waals surface area contributed by atoms with Crippen LogP contribution in [0.5, 0.6) is 0 Å². The molecule has 2 rings (SSSR count). The van der Waals surface area contributed by atoms with Crippen molar-refractivity contribution in [1.29, 1.82) is 0 Å². The van der Waals surface area contributed by atoms with Gasteiger partial charge in [0.1, 0.15) is 5.75 Å². The van der Waals surface area contributed by atoms with Crippen LogP contribution < -0.4 is 5.32 Å². The summed E-state index contributed by atoms with van der Waals surface area (Å²) in [5.74, 6) is -0.257. The molecule has 4 nitrogen and oxygen atoms in total. The second-order valence-electron chi connectivity index (χ2n) is 5.28. The smallest absolute Gasteiger partial charge is 0.233 e. The fourth-order valence-corrected chi connectivity index (χ4v) is 3.29. The fraction of sp³-hybridized carbons (Fsp3) is 0.278. The number of hydrogen-bond donors (Lipinski definition) is 1. The fourth-order valence-electron chi connectivity index (χ4n) is 2.23. The predicted molar refractivity (Wildman–Crippen MR) is 91.5 cm³/mol. The summed E-state index contributed by atoms with van der Waals surface area (Å²) in [6, 6.07) is 15.2. The van der Waals surface area contributed by atoms with Crippen molar-refractivity contribution >= 4 is 16.7 Å².